The maximum absolute atomic E-state index is 12.3. The van der Waals surface area contributed by atoms with Crippen molar-refractivity contribution in [3.05, 3.63) is 59.9 Å². The zero-order chi connectivity index (χ0) is 17.1. The van der Waals surface area contributed by atoms with Gasteiger partial charge in [0.15, 0.2) is 0 Å². The van der Waals surface area contributed by atoms with Crippen LogP contribution in [0.3, 0.4) is 0 Å². The Morgan fingerprint density at radius 2 is 1.80 bits per heavy atom. The van der Waals surface area contributed by atoms with E-state index in [0.717, 1.165) is 41.8 Å². The number of amides is 1. The quantitative estimate of drug-likeness (QED) is 0.729. The molecular weight excluding hydrogens is 310 g/mol. The van der Waals surface area contributed by atoms with Gasteiger partial charge in [0.2, 0.25) is 5.91 Å². The first-order chi connectivity index (χ1) is 12.3. The molecule has 0 bridgehead atoms. The second-order valence-corrected chi connectivity index (χ2v) is 6.90. The number of fused-ring (bicyclic) bond motifs is 1. The highest BCUT2D eigenvalue weighted by atomic mass is 16.1. The molecule has 2 N–H and O–H groups in total. The predicted octanol–water partition coefficient (Wildman–Crippen LogP) is 4.67. The smallest absolute Gasteiger partial charge is 0.227 e. The maximum Gasteiger partial charge on any atom is 0.227 e. The summed E-state index contributed by atoms with van der Waals surface area (Å²) in [6.07, 6.45) is 6.42. The lowest BCUT2D eigenvalue weighted by Crippen LogP contribution is -2.24. The fraction of sp³-hybridized carbons (Fsp3) is 0.333. The second kappa shape index (κ2) is 7.09. The molecule has 1 saturated carbocycles. The summed E-state index contributed by atoms with van der Waals surface area (Å²) in [4.78, 5) is 20.3. The number of rotatable bonds is 4. The van der Waals surface area contributed by atoms with Crippen LogP contribution >= 0.6 is 0 Å². The van der Waals surface area contributed by atoms with Crippen LogP contribution in [-0.2, 0) is 11.2 Å². The molecule has 2 aromatic carbocycles. The summed E-state index contributed by atoms with van der Waals surface area (Å²) in [5, 5.41) is 3.06. The number of carbonyl (C=O) groups is 1. The molecule has 1 heterocycles. The molecule has 4 nitrogen and oxygen atoms in total. The molecule has 1 fully saturated rings. The third-order valence-corrected chi connectivity index (χ3v) is 5.01. The van der Waals surface area contributed by atoms with Gasteiger partial charge in [0.05, 0.1) is 11.0 Å². The number of nitrogens with one attached hydrogen (secondary N) is 2. The molecule has 0 aliphatic heterocycles. The number of hydrogen-bond donors (Lipinski definition) is 2. The first-order valence-corrected chi connectivity index (χ1v) is 9.11. The van der Waals surface area contributed by atoms with E-state index in [2.05, 4.69) is 27.4 Å². The fourth-order valence-electron chi connectivity index (χ4n) is 3.60. The summed E-state index contributed by atoms with van der Waals surface area (Å²) >= 11 is 0. The van der Waals surface area contributed by atoms with E-state index >= 15 is 0 Å². The number of imidazole rings is 1. The van der Waals surface area contributed by atoms with E-state index in [1.165, 1.54) is 24.8 Å². The Balaban J connectivity index is 1.40. The fourth-order valence-corrected chi connectivity index (χ4v) is 3.60. The lowest BCUT2D eigenvalue weighted by Gasteiger charge is -2.20. The van der Waals surface area contributed by atoms with Gasteiger partial charge in [-0.1, -0.05) is 43.5 Å². The van der Waals surface area contributed by atoms with Gasteiger partial charge in [-0.15, -0.1) is 0 Å². The van der Waals surface area contributed by atoms with Crippen LogP contribution in [0, 0.1) is 5.92 Å². The van der Waals surface area contributed by atoms with E-state index in [0.29, 0.717) is 0 Å². The number of anilines is 1. The molecule has 3 aromatic rings. The normalized spacial score (nSPS) is 15.4. The zero-order valence-corrected chi connectivity index (χ0v) is 14.3. The number of nitrogens with zero attached hydrogens (tertiary/aromatic N) is 1. The van der Waals surface area contributed by atoms with Gasteiger partial charge in [-0.25, -0.2) is 4.98 Å². The number of carbonyl (C=O) groups excluding carboxylic acids is 1. The lowest BCUT2D eigenvalue weighted by atomic mass is 9.88. The molecule has 0 spiro atoms. The summed E-state index contributed by atoms with van der Waals surface area (Å²) in [7, 11) is 0. The van der Waals surface area contributed by atoms with Gasteiger partial charge in [0, 0.05) is 18.0 Å². The van der Waals surface area contributed by atoms with Crippen LogP contribution in [0.4, 0.5) is 5.69 Å². The molecule has 128 valence electrons. The maximum atomic E-state index is 12.3. The molecule has 1 aliphatic carbocycles. The minimum Gasteiger partial charge on any atom is -0.342 e. The summed E-state index contributed by atoms with van der Waals surface area (Å²) < 4.78 is 0. The number of hydrogen-bond acceptors (Lipinski definition) is 2. The van der Waals surface area contributed by atoms with Gasteiger partial charge in [0.25, 0.3) is 0 Å². The van der Waals surface area contributed by atoms with Crippen LogP contribution in [-0.4, -0.2) is 15.9 Å². The van der Waals surface area contributed by atoms with Gasteiger partial charge in [0.1, 0.15) is 5.82 Å². The Morgan fingerprint density at radius 3 is 2.56 bits per heavy atom. The van der Waals surface area contributed by atoms with Crippen LogP contribution < -0.4 is 5.32 Å². The van der Waals surface area contributed by atoms with Gasteiger partial charge in [-0.3, -0.25) is 4.79 Å². The van der Waals surface area contributed by atoms with E-state index in [1.807, 2.05) is 36.4 Å². The van der Waals surface area contributed by atoms with Crippen molar-refractivity contribution in [3.63, 3.8) is 0 Å². The first kappa shape index (κ1) is 15.9. The highest BCUT2D eigenvalue weighted by Gasteiger charge is 2.20. The van der Waals surface area contributed by atoms with E-state index in [4.69, 9.17) is 0 Å². The van der Waals surface area contributed by atoms with Gasteiger partial charge in [-0.05, 0) is 42.7 Å². The van der Waals surface area contributed by atoms with Crippen molar-refractivity contribution < 1.29 is 4.79 Å². The minimum absolute atomic E-state index is 0.171. The van der Waals surface area contributed by atoms with Crippen molar-refractivity contribution in [2.75, 3.05) is 5.32 Å². The molecule has 1 aliphatic rings. The van der Waals surface area contributed by atoms with Crippen molar-refractivity contribution in [1.29, 1.82) is 0 Å². The topological polar surface area (TPSA) is 57.8 Å². The summed E-state index contributed by atoms with van der Waals surface area (Å²) in [6, 6.07) is 16.1. The van der Waals surface area contributed by atoms with Crippen molar-refractivity contribution in [1.82, 2.24) is 9.97 Å². The van der Waals surface area contributed by atoms with Gasteiger partial charge >= 0.3 is 0 Å². The minimum atomic E-state index is 0.171. The third-order valence-electron chi connectivity index (χ3n) is 5.01. The van der Waals surface area contributed by atoms with E-state index in [1.54, 1.807) is 0 Å². The highest BCUT2D eigenvalue weighted by Crippen LogP contribution is 2.25. The van der Waals surface area contributed by atoms with E-state index in [9.17, 15) is 4.79 Å². The average molecular weight is 333 g/mol. The zero-order valence-electron chi connectivity index (χ0n) is 14.3. The van der Waals surface area contributed by atoms with Crippen LogP contribution in [0.2, 0.25) is 0 Å². The summed E-state index contributed by atoms with van der Waals surface area (Å²) in [6.45, 7) is 0. The van der Waals surface area contributed by atoms with Gasteiger partial charge < -0.3 is 10.3 Å². The Hall–Kier alpha value is -2.62. The van der Waals surface area contributed by atoms with E-state index < -0.39 is 0 Å². The molecule has 0 saturated heterocycles. The predicted molar refractivity (Wildman–Crippen MR) is 101 cm³/mol. The molecule has 0 atom stereocenters. The Kier molecular flexibility index (Phi) is 4.51. The van der Waals surface area contributed by atoms with Crippen molar-refractivity contribution in [2.24, 2.45) is 5.92 Å². The largest absolute Gasteiger partial charge is 0.342 e. The number of benzene rings is 2. The van der Waals surface area contributed by atoms with Crippen LogP contribution in [0.25, 0.3) is 11.0 Å². The van der Waals surface area contributed by atoms with Crippen molar-refractivity contribution in [3.8, 4) is 0 Å². The Morgan fingerprint density at radius 1 is 1.04 bits per heavy atom. The molecule has 4 rings (SSSR count). The number of aromatic amines is 1. The SMILES string of the molecule is O=C(Nc1ccc(Cc2nc3ccccc3[nH]2)cc1)C1CCCCC1. The number of para-hydroxylation sites is 2. The van der Waals surface area contributed by atoms with Crippen LogP contribution in [0.5, 0.6) is 0 Å². The van der Waals surface area contributed by atoms with Crippen LogP contribution in [0.1, 0.15) is 43.5 Å². The highest BCUT2D eigenvalue weighted by molar-refractivity contribution is 5.92. The second-order valence-electron chi connectivity index (χ2n) is 6.90. The lowest BCUT2D eigenvalue weighted by molar-refractivity contribution is -0.120. The van der Waals surface area contributed by atoms with E-state index in [-0.39, 0.29) is 11.8 Å². The molecule has 1 aromatic heterocycles. The Bertz CT molecular complexity index is 827. The molecule has 4 heteroatoms. The van der Waals surface area contributed by atoms with Gasteiger partial charge in [-0.2, -0.15) is 0 Å². The summed E-state index contributed by atoms with van der Waals surface area (Å²) in [5.74, 6) is 1.31. The Labute approximate surface area is 147 Å². The molecular formula is C21H23N3O. The summed E-state index contributed by atoms with van der Waals surface area (Å²) in [5.41, 5.74) is 4.11. The standard InChI is InChI=1S/C21H23N3O/c25-21(16-6-2-1-3-7-16)22-17-12-10-15(11-13-17)14-20-23-18-8-4-5-9-19(18)24-20/h4-5,8-13,16H,1-3,6-7,14H2,(H,22,25)(H,23,24). The van der Waals surface area contributed by atoms with Crippen molar-refractivity contribution in [2.45, 2.75) is 38.5 Å². The first-order valence-electron chi connectivity index (χ1n) is 9.11. The van der Waals surface area contributed by atoms with Crippen LogP contribution in [0.15, 0.2) is 48.5 Å². The molecule has 25 heavy (non-hydrogen) atoms. The third kappa shape index (κ3) is 3.73. The molecule has 1 amide bonds. The molecule has 0 unspecified atom stereocenters. The number of H-pyrrole nitrogens is 1. The molecule has 0 radical (unpaired) electrons. The van der Waals surface area contributed by atoms with Crippen molar-refractivity contribution >= 4 is 22.6 Å². The average Bonchev–Trinajstić information content (AvgIpc) is 3.06. The monoisotopic (exact) mass is 333 g/mol. The number of aromatic nitrogens is 2.